The molecule has 0 saturated heterocycles. The molecule has 3 rings (SSSR count). The van der Waals surface area contributed by atoms with E-state index in [1.165, 1.54) is 24.3 Å². The molecule has 9 heteroatoms. The Bertz CT molecular complexity index is 1100. The number of sulfone groups is 1. The Morgan fingerprint density at radius 3 is 2.45 bits per heavy atom. The highest BCUT2D eigenvalue weighted by Gasteiger charge is 2.17. The van der Waals surface area contributed by atoms with Crippen molar-refractivity contribution in [2.24, 2.45) is 0 Å². The smallest absolute Gasteiger partial charge is 0.321 e. The molecule has 150 valence electrons. The second kappa shape index (κ2) is 9.02. The molecule has 0 aliphatic rings. The Kier molecular flexibility index (Phi) is 6.46. The zero-order chi connectivity index (χ0) is 20.9. The number of hydrogen-bond donors (Lipinski definition) is 1. The number of ether oxygens (including phenoxy) is 1. The highest BCUT2D eigenvalue weighted by atomic mass is 35.5. The van der Waals surface area contributed by atoms with Crippen molar-refractivity contribution in [1.82, 2.24) is 9.97 Å². The van der Waals surface area contributed by atoms with Gasteiger partial charge in [0.2, 0.25) is 5.91 Å². The lowest BCUT2D eigenvalue weighted by Crippen LogP contribution is -2.18. The van der Waals surface area contributed by atoms with E-state index in [-0.39, 0.29) is 23.1 Å². The third-order valence-corrected chi connectivity index (χ3v) is 5.98. The van der Waals surface area contributed by atoms with Gasteiger partial charge in [-0.15, -0.1) is 0 Å². The van der Waals surface area contributed by atoms with Gasteiger partial charge in [0, 0.05) is 29.5 Å². The Morgan fingerprint density at radius 2 is 1.79 bits per heavy atom. The lowest BCUT2D eigenvalue weighted by Gasteiger charge is -2.11. The van der Waals surface area contributed by atoms with Crippen molar-refractivity contribution in [2.45, 2.75) is 18.2 Å². The Labute approximate surface area is 173 Å². The van der Waals surface area contributed by atoms with Crippen LogP contribution in [-0.2, 0) is 14.6 Å². The summed E-state index contributed by atoms with van der Waals surface area (Å²) in [6.45, 7) is 1.80. The van der Waals surface area contributed by atoms with Gasteiger partial charge < -0.3 is 10.1 Å². The molecule has 29 heavy (non-hydrogen) atoms. The maximum atomic E-state index is 12.3. The lowest BCUT2D eigenvalue weighted by molar-refractivity contribution is -0.115. The van der Waals surface area contributed by atoms with Crippen LogP contribution in [0, 0.1) is 6.92 Å². The molecule has 1 N–H and O–H groups in total. The normalized spacial score (nSPS) is 11.1. The fourth-order valence-electron chi connectivity index (χ4n) is 2.48. The average molecular weight is 432 g/mol. The van der Waals surface area contributed by atoms with Gasteiger partial charge in [-0.05, 0) is 61.0 Å². The molecule has 0 radical (unpaired) electrons. The summed E-state index contributed by atoms with van der Waals surface area (Å²) in [5.41, 5.74) is 1.33. The number of nitrogens with zero attached hydrogens (tertiary/aromatic N) is 2. The number of aryl methyl sites for hydroxylation is 1. The molecular weight excluding hydrogens is 414 g/mol. The van der Waals surface area contributed by atoms with Crippen LogP contribution < -0.4 is 10.1 Å². The molecule has 1 aromatic heterocycles. The molecule has 2 aromatic carbocycles. The second-order valence-corrected chi connectivity index (χ2v) is 8.73. The summed E-state index contributed by atoms with van der Waals surface area (Å²) in [5, 5.41) is 3.17. The number of halogens is 1. The van der Waals surface area contributed by atoms with E-state index in [9.17, 15) is 13.2 Å². The molecule has 7 nitrogen and oxygen atoms in total. The quantitative estimate of drug-likeness (QED) is 0.606. The first-order valence-corrected chi connectivity index (χ1v) is 10.7. The van der Waals surface area contributed by atoms with E-state index >= 15 is 0 Å². The van der Waals surface area contributed by atoms with Crippen LogP contribution in [0.2, 0.25) is 5.02 Å². The van der Waals surface area contributed by atoms with Crippen molar-refractivity contribution < 1.29 is 17.9 Å². The minimum Gasteiger partial charge on any atom is -0.424 e. The number of hydrogen-bond acceptors (Lipinski definition) is 6. The van der Waals surface area contributed by atoms with Crippen molar-refractivity contribution in [1.29, 1.82) is 0 Å². The topological polar surface area (TPSA) is 98.2 Å². The molecule has 0 unspecified atom stereocenters. The predicted molar refractivity (Wildman–Crippen MR) is 110 cm³/mol. The van der Waals surface area contributed by atoms with Crippen molar-refractivity contribution in [3.8, 4) is 11.8 Å². The maximum absolute atomic E-state index is 12.3. The largest absolute Gasteiger partial charge is 0.424 e. The van der Waals surface area contributed by atoms with E-state index in [0.29, 0.717) is 16.5 Å². The molecule has 0 aliphatic heterocycles. The van der Waals surface area contributed by atoms with E-state index in [1.807, 2.05) is 0 Å². The summed E-state index contributed by atoms with van der Waals surface area (Å²) in [4.78, 5) is 20.3. The average Bonchev–Trinajstić information content (AvgIpc) is 2.70. The zero-order valence-electron chi connectivity index (χ0n) is 15.5. The first-order chi connectivity index (χ1) is 13.8. The van der Waals surface area contributed by atoms with Crippen molar-refractivity contribution in [3.63, 3.8) is 0 Å². The monoisotopic (exact) mass is 431 g/mol. The third kappa shape index (κ3) is 5.75. The zero-order valence-corrected chi connectivity index (χ0v) is 17.1. The molecule has 1 amide bonds. The third-order valence-electron chi connectivity index (χ3n) is 3.99. The minimum atomic E-state index is -3.57. The van der Waals surface area contributed by atoms with Crippen LogP contribution in [0.15, 0.2) is 65.8 Å². The van der Waals surface area contributed by atoms with Crippen LogP contribution in [0.25, 0.3) is 0 Å². The van der Waals surface area contributed by atoms with Gasteiger partial charge in [0.15, 0.2) is 9.84 Å². The van der Waals surface area contributed by atoms with E-state index in [1.54, 1.807) is 43.6 Å². The molecule has 1 heterocycles. The first-order valence-electron chi connectivity index (χ1n) is 8.67. The van der Waals surface area contributed by atoms with E-state index in [4.69, 9.17) is 16.3 Å². The molecule has 0 saturated carbocycles. The summed E-state index contributed by atoms with van der Waals surface area (Å²) in [7, 11) is -3.57. The predicted octanol–water partition coefficient (Wildman–Crippen LogP) is 4.03. The minimum absolute atomic E-state index is 0.135. The van der Waals surface area contributed by atoms with Gasteiger partial charge in [0.25, 0.3) is 0 Å². The van der Waals surface area contributed by atoms with E-state index in [0.717, 1.165) is 5.56 Å². The van der Waals surface area contributed by atoms with E-state index in [2.05, 4.69) is 15.3 Å². The number of benzene rings is 2. The number of rotatable bonds is 7. The first kappa shape index (κ1) is 20.8. The number of aromatic nitrogens is 2. The molecule has 3 aromatic rings. The Balaban J connectivity index is 1.59. The van der Waals surface area contributed by atoms with Gasteiger partial charge in [-0.3, -0.25) is 4.79 Å². The number of amides is 1. The van der Waals surface area contributed by atoms with Crippen molar-refractivity contribution in [3.05, 3.63) is 71.5 Å². The highest BCUT2D eigenvalue weighted by Crippen LogP contribution is 2.24. The summed E-state index contributed by atoms with van der Waals surface area (Å²) in [5.74, 6) is -0.172. The van der Waals surface area contributed by atoms with Crippen molar-refractivity contribution in [2.75, 3.05) is 11.1 Å². The van der Waals surface area contributed by atoms with Crippen LogP contribution in [0.5, 0.6) is 11.8 Å². The molecule has 0 fully saturated rings. The molecule has 0 atom stereocenters. The number of nitrogens with one attached hydrogen (secondary N) is 1. The van der Waals surface area contributed by atoms with Crippen LogP contribution >= 0.6 is 11.6 Å². The van der Waals surface area contributed by atoms with Gasteiger partial charge in [-0.2, -0.15) is 0 Å². The number of carbonyl (C=O) groups is 1. The highest BCUT2D eigenvalue weighted by molar-refractivity contribution is 7.91. The Morgan fingerprint density at radius 1 is 1.10 bits per heavy atom. The van der Waals surface area contributed by atoms with Gasteiger partial charge in [0.1, 0.15) is 5.75 Å². The molecule has 0 aliphatic carbocycles. The van der Waals surface area contributed by atoms with Crippen molar-refractivity contribution >= 4 is 33.0 Å². The summed E-state index contributed by atoms with van der Waals surface area (Å²) in [6, 6.07) is 12.8. The van der Waals surface area contributed by atoms with E-state index < -0.39 is 15.7 Å². The van der Waals surface area contributed by atoms with Crippen LogP contribution in [-0.4, -0.2) is 30.0 Å². The van der Waals surface area contributed by atoms with Crippen LogP contribution in [0.4, 0.5) is 5.69 Å². The standard InChI is InChI=1S/C20H18ClN3O4S/c1-14-13-16(28-20-22-10-2-11-23-20)5-8-18(14)24-19(25)9-12-29(26,27)17-6-3-15(21)4-7-17/h2-8,10-11,13H,9,12H2,1H3,(H,24,25). The van der Waals surface area contributed by atoms with Gasteiger partial charge >= 0.3 is 6.01 Å². The van der Waals surface area contributed by atoms with Gasteiger partial charge in [-0.1, -0.05) is 11.6 Å². The number of carbonyl (C=O) groups excluding carboxylic acids is 1. The molecule has 0 spiro atoms. The second-order valence-electron chi connectivity index (χ2n) is 6.18. The number of anilines is 1. The fraction of sp³-hybridized carbons (Fsp3) is 0.150. The van der Waals surface area contributed by atoms with Gasteiger partial charge in [0.05, 0.1) is 10.6 Å². The van der Waals surface area contributed by atoms with Crippen LogP contribution in [0.3, 0.4) is 0 Å². The fourth-order valence-corrected chi connectivity index (χ4v) is 3.85. The summed E-state index contributed by atoms with van der Waals surface area (Å²) < 4.78 is 30.2. The SMILES string of the molecule is Cc1cc(Oc2ncccn2)ccc1NC(=O)CCS(=O)(=O)c1ccc(Cl)cc1. The molecular formula is C20H18ClN3O4S. The maximum Gasteiger partial charge on any atom is 0.321 e. The van der Waals surface area contributed by atoms with Gasteiger partial charge in [-0.25, -0.2) is 18.4 Å². The Hall–Kier alpha value is -2.97. The van der Waals surface area contributed by atoms with Crippen LogP contribution in [0.1, 0.15) is 12.0 Å². The molecule has 0 bridgehead atoms. The lowest BCUT2D eigenvalue weighted by atomic mass is 10.2. The summed E-state index contributed by atoms with van der Waals surface area (Å²) >= 11 is 5.78. The summed E-state index contributed by atoms with van der Waals surface area (Å²) in [6.07, 6.45) is 2.98.